The molecule has 2 aromatic heterocycles. The standard InChI is InChI=1S/C30H31N3O9/c1-30(2,3)42-29(37)31-17-8-10-18(11-9-17)33-25(28(36)41-7)23(19-12-13-22(34)32-24(19)27(33)35)16-14-20(38-4)26(40-6)21(15-16)39-5/h8-15H,1-7H3,(H,31,37)(H,32,34). The van der Waals surface area contributed by atoms with Crippen molar-refractivity contribution in [3.63, 3.8) is 0 Å². The van der Waals surface area contributed by atoms with Crippen molar-refractivity contribution in [3.05, 3.63) is 74.9 Å². The maximum absolute atomic E-state index is 13.9. The Hall–Kier alpha value is -5.26. The van der Waals surface area contributed by atoms with Gasteiger partial charge >= 0.3 is 12.1 Å². The number of methoxy groups -OCH3 is 4. The maximum Gasteiger partial charge on any atom is 0.412 e. The topological polar surface area (TPSA) is 147 Å². The number of pyridine rings is 2. The molecule has 2 aromatic carbocycles. The van der Waals surface area contributed by atoms with Crippen LogP contribution < -0.4 is 30.6 Å². The fourth-order valence-corrected chi connectivity index (χ4v) is 4.47. The highest BCUT2D eigenvalue weighted by Gasteiger charge is 2.27. The maximum atomic E-state index is 13.9. The number of amides is 1. The molecule has 0 saturated carbocycles. The molecule has 0 aliphatic carbocycles. The van der Waals surface area contributed by atoms with Gasteiger partial charge in [0.2, 0.25) is 11.3 Å². The lowest BCUT2D eigenvalue weighted by atomic mass is 9.97. The molecule has 0 saturated heterocycles. The van der Waals surface area contributed by atoms with E-state index in [0.29, 0.717) is 28.5 Å². The minimum absolute atomic E-state index is 0.0464. The summed E-state index contributed by atoms with van der Waals surface area (Å²) in [5, 5.41) is 2.91. The van der Waals surface area contributed by atoms with Gasteiger partial charge in [0.1, 0.15) is 16.8 Å². The monoisotopic (exact) mass is 577 g/mol. The fraction of sp³-hybridized carbons (Fsp3) is 0.267. The van der Waals surface area contributed by atoms with Gasteiger partial charge in [-0.15, -0.1) is 0 Å². The van der Waals surface area contributed by atoms with Crippen LogP contribution in [0.5, 0.6) is 17.2 Å². The number of hydrogen-bond acceptors (Lipinski definition) is 9. The molecule has 220 valence electrons. The Labute approximate surface area is 240 Å². The van der Waals surface area contributed by atoms with Gasteiger partial charge in [-0.05, 0) is 68.8 Å². The molecule has 4 rings (SSSR count). The van der Waals surface area contributed by atoms with Crippen LogP contribution in [0.25, 0.3) is 27.7 Å². The number of anilines is 1. The second kappa shape index (κ2) is 11.7. The van der Waals surface area contributed by atoms with E-state index in [0.717, 1.165) is 4.57 Å². The molecule has 42 heavy (non-hydrogen) atoms. The number of rotatable bonds is 7. The number of benzene rings is 2. The summed E-state index contributed by atoms with van der Waals surface area (Å²) < 4.78 is 28.1. The summed E-state index contributed by atoms with van der Waals surface area (Å²) in [7, 11) is 5.56. The molecule has 1 amide bonds. The molecule has 2 N–H and O–H groups in total. The molecule has 2 heterocycles. The number of nitrogens with zero attached hydrogens (tertiary/aromatic N) is 1. The lowest BCUT2D eigenvalue weighted by Gasteiger charge is -2.21. The van der Waals surface area contributed by atoms with E-state index in [1.807, 2.05) is 0 Å². The number of nitrogens with one attached hydrogen (secondary N) is 2. The molecule has 4 aromatic rings. The highest BCUT2D eigenvalue weighted by atomic mass is 16.6. The van der Waals surface area contributed by atoms with Gasteiger partial charge in [0.05, 0.1) is 28.4 Å². The molecule has 0 fully saturated rings. The third-order valence-corrected chi connectivity index (χ3v) is 6.17. The number of fused-ring (bicyclic) bond motifs is 1. The van der Waals surface area contributed by atoms with Crippen molar-refractivity contribution >= 4 is 28.7 Å². The zero-order valence-electron chi connectivity index (χ0n) is 24.2. The summed E-state index contributed by atoms with van der Waals surface area (Å²) in [6.45, 7) is 5.23. The van der Waals surface area contributed by atoms with Crippen molar-refractivity contribution in [2.24, 2.45) is 0 Å². The number of hydrogen-bond donors (Lipinski definition) is 2. The summed E-state index contributed by atoms with van der Waals surface area (Å²) in [4.78, 5) is 54.5. The first kappa shape index (κ1) is 29.7. The van der Waals surface area contributed by atoms with Crippen molar-refractivity contribution in [1.29, 1.82) is 0 Å². The molecule has 0 aliphatic heterocycles. The Morgan fingerprint density at radius 2 is 1.48 bits per heavy atom. The summed E-state index contributed by atoms with van der Waals surface area (Å²) in [5.74, 6) is 0.105. The van der Waals surface area contributed by atoms with Gasteiger partial charge in [0.15, 0.2) is 11.5 Å². The van der Waals surface area contributed by atoms with Crippen LogP contribution in [0.1, 0.15) is 31.3 Å². The van der Waals surface area contributed by atoms with Gasteiger partial charge in [-0.3, -0.25) is 19.5 Å². The largest absolute Gasteiger partial charge is 0.493 e. The van der Waals surface area contributed by atoms with E-state index in [4.69, 9.17) is 23.7 Å². The predicted octanol–water partition coefficient (Wildman–Crippen LogP) is 4.51. The van der Waals surface area contributed by atoms with Crippen molar-refractivity contribution in [1.82, 2.24) is 9.55 Å². The van der Waals surface area contributed by atoms with Crippen molar-refractivity contribution < 1.29 is 33.3 Å². The van der Waals surface area contributed by atoms with Crippen LogP contribution in [-0.4, -0.2) is 55.7 Å². The zero-order chi connectivity index (χ0) is 30.8. The van der Waals surface area contributed by atoms with E-state index in [1.54, 1.807) is 45.0 Å². The molecule has 12 nitrogen and oxygen atoms in total. The molecule has 0 spiro atoms. The first-order chi connectivity index (χ1) is 19.9. The molecular weight excluding hydrogens is 546 g/mol. The third-order valence-electron chi connectivity index (χ3n) is 6.17. The van der Waals surface area contributed by atoms with Crippen LogP contribution in [0.2, 0.25) is 0 Å². The number of carbonyl (C=O) groups is 2. The Morgan fingerprint density at radius 1 is 0.857 bits per heavy atom. The van der Waals surface area contributed by atoms with E-state index >= 15 is 0 Å². The smallest absolute Gasteiger partial charge is 0.412 e. The Morgan fingerprint density at radius 3 is 2.00 bits per heavy atom. The van der Waals surface area contributed by atoms with Gasteiger partial charge in [-0.25, -0.2) is 9.59 Å². The zero-order valence-corrected chi connectivity index (χ0v) is 24.2. The molecular formula is C30H31N3O9. The van der Waals surface area contributed by atoms with Crippen molar-refractivity contribution in [2.45, 2.75) is 26.4 Å². The normalized spacial score (nSPS) is 11.1. The van der Waals surface area contributed by atoms with Crippen molar-refractivity contribution in [3.8, 4) is 34.1 Å². The minimum Gasteiger partial charge on any atom is -0.493 e. The van der Waals surface area contributed by atoms with Crippen LogP contribution >= 0.6 is 0 Å². The summed E-state index contributed by atoms with van der Waals surface area (Å²) >= 11 is 0. The number of carbonyl (C=O) groups excluding carboxylic acids is 2. The van der Waals surface area contributed by atoms with E-state index < -0.39 is 28.8 Å². The van der Waals surface area contributed by atoms with Crippen LogP contribution in [0.4, 0.5) is 10.5 Å². The van der Waals surface area contributed by atoms with E-state index in [9.17, 15) is 19.2 Å². The average molecular weight is 578 g/mol. The van der Waals surface area contributed by atoms with E-state index in [1.165, 1.54) is 52.7 Å². The molecule has 0 aliphatic rings. The number of ether oxygens (including phenoxy) is 5. The number of H-pyrrole nitrogens is 1. The predicted molar refractivity (Wildman–Crippen MR) is 156 cm³/mol. The Balaban J connectivity index is 2.04. The van der Waals surface area contributed by atoms with Gasteiger partial charge in [0, 0.05) is 28.4 Å². The van der Waals surface area contributed by atoms with Gasteiger partial charge < -0.3 is 28.7 Å². The lowest BCUT2D eigenvalue weighted by Crippen LogP contribution is -2.29. The second-order valence-electron chi connectivity index (χ2n) is 10.1. The molecule has 0 bridgehead atoms. The van der Waals surface area contributed by atoms with Crippen LogP contribution in [0.15, 0.2) is 58.1 Å². The van der Waals surface area contributed by atoms with Crippen LogP contribution in [-0.2, 0) is 9.47 Å². The van der Waals surface area contributed by atoms with Crippen LogP contribution in [0, 0.1) is 0 Å². The summed E-state index contributed by atoms with van der Waals surface area (Å²) in [5.41, 5.74) is -0.717. The molecule has 0 atom stereocenters. The lowest BCUT2D eigenvalue weighted by molar-refractivity contribution is 0.0589. The molecule has 0 radical (unpaired) electrons. The fourth-order valence-electron chi connectivity index (χ4n) is 4.47. The number of aromatic amines is 1. The van der Waals surface area contributed by atoms with Crippen LogP contribution in [0.3, 0.4) is 0 Å². The van der Waals surface area contributed by atoms with Crippen molar-refractivity contribution in [2.75, 3.05) is 33.8 Å². The SMILES string of the molecule is COC(=O)c1c(-c2cc(OC)c(OC)c(OC)c2)c2ccc(=O)[nH]c2c(=O)n1-c1ccc(NC(=O)OC(C)(C)C)cc1. The van der Waals surface area contributed by atoms with E-state index in [2.05, 4.69) is 10.3 Å². The third kappa shape index (κ3) is 5.78. The molecule has 12 heteroatoms. The minimum atomic E-state index is -0.820. The highest BCUT2D eigenvalue weighted by Crippen LogP contribution is 2.43. The van der Waals surface area contributed by atoms with Gasteiger partial charge in [0.25, 0.3) is 5.56 Å². The summed E-state index contributed by atoms with van der Waals surface area (Å²) in [6.07, 6.45) is -0.657. The Bertz CT molecular complexity index is 1760. The van der Waals surface area contributed by atoms with Gasteiger partial charge in [-0.2, -0.15) is 0 Å². The first-order valence-corrected chi connectivity index (χ1v) is 12.7. The quantitative estimate of drug-likeness (QED) is 0.303. The molecule has 0 unspecified atom stereocenters. The number of aromatic nitrogens is 2. The Kier molecular flexibility index (Phi) is 8.27. The summed E-state index contributed by atoms with van der Waals surface area (Å²) in [6, 6.07) is 12.1. The number of esters is 1. The van der Waals surface area contributed by atoms with E-state index in [-0.39, 0.29) is 27.8 Å². The average Bonchev–Trinajstić information content (AvgIpc) is 2.95. The second-order valence-corrected chi connectivity index (χ2v) is 10.1. The van der Waals surface area contributed by atoms with Gasteiger partial charge in [-0.1, -0.05) is 0 Å². The first-order valence-electron chi connectivity index (χ1n) is 12.7. The highest BCUT2D eigenvalue weighted by molar-refractivity contribution is 6.06.